The maximum Gasteiger partial charge on any atom is 0.295 e. The smallest absolute Gasteiger partial charge is 0.295 e. The van der Waals surface area contributed by atoms with Crippen LogP contribution in [0.3, 0.4) is 0 Å². The first-order chi connectivity index (χ1) is 9.52. The summed E-state index contributed by atoms with van der Waals surface area (Å²) in [7, 11) is 0. The Morgan fingerprint density at radius 2 is 2.15 bits per heavy atom. The van der Waals surface area contributed by atoms with Gasteiger partial charge < -0.3 is 5.32 Å². The Morgan fingerprint density at radius 3 is 2.80 bits per heavy atom. The Balaban J connectivity index is 2.65. The number of anilines is 1. The van der Waals surface area contributed by atoms with Gasteiger partial charge in [-0.1, -0.05) is 11.6 Å². The molecule has 0 aliphatic heterocycles. The molecule has 5 nitrogen and oxygen atoms in total. The average molecular weight is 296 g/mol. The molecule has 0 aliphatic rings. The quantitative estimate of drug-likeness (QED) is 0.686. The molecule has 7 heteroatoms. The van der Waals surface area contributed by atoms with Crippen molar-refractivity contribution in [1.82, 2.24) is 4.98 Å². The lowest BCUT2D eigenvalue weighted by Gasteiger charge is -2.08. The number of benzene rings is 1. The van der Waals surface area contributed by atoms with Crippen molar-refractivity contribution in [2.45, 2.75) is 6.92 Å². The molecule has 0 radical (unpaired) electrons. The van der Waals surface area contributed by atoms with E-state index in [9.17, 15) is 14.5 Å². The van der Waals surface area contributed by atoms with Crippen molar-refractivity contribution < 1.29 is 9.31 Å². The van der Waals surface area contributed by atoms with E-state index in [1.807, 2.05) is 6.92 Å². The maximum atomic E-state index is 13.3. The molecule has 0 saturated heterocycles. The molecule has 0 bridgehead atoms. The summed E-state index contributed by atoms with van der Waals surface area (Å²) in [6, 6.07) is 6.48. The summed E-state index contributed by atoms with van der Waals surface area (Å²) in [5.74, 6) is -0.0669. The average Bonchev–Trinajstić information content (AvgIpc) is 2.41. The fraction of sp³-hybridized carbons (Fsp3) is 0.154. The van der Waals surface area contributed by atoms with E-state index < -0.39 is 10.7 Å². The van der Waals surface area contributed by atoms with Gasteiger partial charge in [0.05, 0.1) is 9.95 Å². The van der Waals surface area contributed by atoms with Crippen LogP contribution in [0.5, 0.6) is 0 Å². The van der Waals surface area contributed by atoms with Crippen LogP contribution in [-0.2, 0) is 0 Å². The highest BCUT2D eigenvalue weighted by Gasteiger charge is 2.20. The van der Waals surface area contributed by atoms with Gasteiger partial charge in [0.2, 0.25) is 0 Å². The van der Waals surface area contributed by atoms with Gasteiger partial charge in [-0.15, -0.1) is 0 Å². The minimum absolute atomic E-state index is 0.0398. The van der Waals surface area contributed by atoms with Crippen LogP contribution in [0.15, 0.2) is 30.3 Å². The molecule has 1 aromatic carbocycles. The Hall–Kier alpha value is -2.21. The summed E-state index contributed by atoms with van der Waals surface area (Å²) in [5.41, 5.74) is 0.00947. The Labute approximate surface area is 119 Å². The lowest BCUT2D eigenvalue weighted by atomic mass is 10.1. The van der Waals surface area contributed by atoms with Crippen molar-refractivity contribution in [3.63, 3.8) is 0 Å². The van der Waals surface area contributed by atoms with E-state index in [2.05, 4.69) is 10.3 Å². The SMILES string of the molecule is CCNc1ccc([N+](=O)[O-])c(-c2cc(F)ccc2Cl)n1. The molecule has 2 aromatic rings. The van der Waals surface area contributed by atoms with Crippen LogP contribution in [-0.4, -0.2) is 16.5 Å². The highest BCUT2D eigenvalue weighted by atomic mass is 35.5. The molecule has 0 unspecified atom stereocenters. The van der Waals surface area contributed by atoms with E-state index >= 15 is 0 Å². The molecule has 0 spiro atoms. The number of nitro groups is 1. The number of nitrogens with zero attached hydrogens (tertiary/aromatic N) is 2. The second-order valence-electron chi connectivity index (χ2n) is 3.98. The van der Waals surface area contributed by atoms with Crippen molar-refractivity contribution in [3.05, 3.63) is 51.3 Å². The second-order valence-corrected chi connectivity index (χ2v) is 4.38. The number of nitrogens with one attached hydrogen (secondary N) is 1. The molecule has 0 atom stereocenters. The van der Waals surface area contributed by atoms with Crippen LogP contribution >= 0.6 is 11.6 Å². The minimum atomic E-state index is -0.570. The number of pyridine rings is 1. The fourth-order valence-electron chi connectivity index (χ4n) is 1.76. The third-order valence-corrected chi connectivity index (χ3v) is 2.94. The summed E-state index contributed by atoms with van der Waals surface area (Å²) in [6.07, 6.45) is 0. The van der Waals surface area contributed by atoms with Crippen molar-refractivity contribution in [2.75, 3.05) is 11.9 Å². The van der Waals surface area contributed by atoms with Crippen molar-refractivity contribution in [2.24, 2.45) is 0 Å². The summed E-state index contributed by atoms with van der Waals surface area (Å²) < 4.78 is 13.3. The van der Waals surface area contributed by atoms with E-state index in [0.29, 0.717) is 12.4 Å². The lowest BCUT2D eigenvalue weighted by Crippen LogP contribution is -2.02. The largest absolute Gasteiger partial charge is 0.370 e. The van der Waals surface area contributed by atoms with Crippen LogP contribution in [0.1, 0.15) is 6.92 Å². The standard InChI is InChI=1S/C13H11ClFN3O2/c1-2-16-12-6-5-11(18(19)20)13(17-12)9-7-8(15)3-4-10(9)14/h3-7H,2H2,1H3,(H,16,17). The zero-order chi connectivity index (χ0) is 14.7. The third kappa shape index (κ3) is 2.85. The monoisotopic (exact) mass is 295 g/mol. The Kier molecular flexibility index (Phi) is 4.14. The van der Waals surface area contributed by atoms with Gasteiger partial charge in [-0.05, 0) is 31.2 Å². The van der Waals surface area contributed by atoms with Crippen LogP contribution in [0.25, 0.3) is 11.3 Å². The molecule has 1 aromatic heterocycles. The zero-order valence-electron chi connectivity index (χ0n) is 10.6. The molecule has 20 heavy (non-hydrogen) atoms. The molecule has 0 amide bonds. The molecule has 104 valence electrons. The van der Waals surface area contributed by atoms with Gasteiger partial charge in [0.1, 0.15) is 11.6 Å². The van der Waals surface area contributed by atoms with Gasteiger partial charge in [-0.3, -0.25) is 10.1 Å². The summed E-state index contributed by atoms with van der Waals surface area (Å²) in [4.78, 5) is 14.7. The predicted octanol–water partition coefficient (Wildman–Crippen LogP) is 3.88. The van der Waals surface area contributed by atoms with E-state index in [0.717, 1.165) is 6.07 Å². The highest BCUT2D eigenvalue weighted by molar-refractivity contribution is 6.33. The summed E-state index contributed by atoms with van der Waals surface area (Å²) in [5, 5.41) is 14.2. The number of hydrogen-bond acceptors (Lipinski definition) is 4. The van der Waals surface area contributed by atoms with Crippen molar-refractivity contribution in [3.8, 4) is 11.3 Å². The van der Waals surface area contributed by atoms with Gasteiger partial charge >= 0.3 is 0 Å². The molecular formula is C13H11ClFN3O2. The van der Waals surface area contributed by atoms with Gasteiger partial charge in [-0.25, -0.2) is 9.37 Å². The molecular weight excluding hydrogens is 285 g/mol. The first-order valence-corrected chi connectivity index (χ1v) is 6.25. The zero-order valence-corrected chi connectivity index (χ0v) is 11.3. The Morgan fingerprint density at radius 1 is 1.40 bits per heavy atom. The highest BCUT2D eigenvalue weighted by Crippen LogP contribution is 2.34. The van der Waals surface area contributed by atoms with E-state index in [1.54, 1.807) is 0 Å². The summed E-state index contributed by atoms with van der Waals surface area (Å²) >= 11 is 5.99. The minimum Gasteiger partial charge on any atom is -0.370 e. The van der Waals surface area contributed by atoms with Crippen LogP contribution in [0.2, 0.25) is 5.02 Å². The van der Waals surface area contributed by atoms with Crippen molar-refractivity contribution in [1.29, 1.82) is 0 Å². The molecule has 0 saturated carbocycles. The fourth-order valence-corrected chi connectivity index (χ4v) is 1.96. The summed E-state index contributed by atoms with van der Waals surface area (Å²) in [6.45, 7) is 2.49. The Bertz CT molecular complexity index is 664. The van der Waals surface area contributed by atoms with E-state index in [-0.39, 0.29) is 22.0 Å². The van der Waals surface area contributed by atoms with Gasteiger partial charge in [-0.2, -0.15) is 0 Å². The number of rotatable bonds is 4. The lowest BCUT2D eigenvalue weighted by molar-refractivity contribution is -0.384. The maximum absolute atomic E-state index is 13.3. The number of aromatic nitrogens is 1. The van der Waals surface area contributed by atoms with Gasteiger partial charge in [0, 0.05) is 18.2 Å². The van der Waals surface area contributed by atoms with Crippen LogP contribution in [0, 0.1) is 15.9 Å². The molecule has 0 fully saturated rings. The predicted molar refractivity (Wildman–Crippen MR) is 75.5 cm³/mol. The van der Waals surface area contributed by atoms with Crippen molar-refractivity contribution >= 4 is 23.1 Å². The van der Waals surface area contributed by atoms with Crippen LogP contribution < -0.4 is 5.32 Å². The molecule has 0 aliphatic carbocycles. The first-order valence-electron chi connectivity index (χ1n) is 5.87. The molecule has 1 heterocycles. The third-order valence-electron chi connectivity index (χ3n) is 2.61. The van der Waals surface area contributed by atoms with Gasteiger partial charge in [0.25, 0.3) is 5.69 Å². The molecule has 1 N–H and O–H groups in total. The van der Waals surface area contributed by atoms with E-state index in [1.165, 1.54) is 24.3 Å². The second kappa shape index (κ2) is 5.83. The topological polar surface area (TPSA) is 68.1 Å². The van der Waals surface area contributed by atoms with Crippen LogP contribution in [0.4, 0.5) is 15.9 Å². The van der Waals surface area contributed by atoms with Gasteiger partial charge in [0.15, 0.2) is 5.69 Å². The normalized spacial score (nSPS) is 10.3. The number of hydrogen-bond donors (Lipinski definition) is 1. The first kappa shape index (κ1) is 14.2. The van der Waals surface area contributed by atoms with E-state index in [4.69, 9.17) is 11.6 Å². The number of halogens is 2. The molecule has 2 rings (SSSR count).